The van der Waals surface area contributed by atoms with Gasteiger partial charge < -0.3 is 15.2 Å². The molecule has 1 fully saturated rings. The fourth-order valence-electron chi connectivity index (χ4n) is 3.54. The van der Waals surface area contributed by atoms with Crippen molar-refractivity contribution in [1.82, 2.24) is 4.90 Å². The van der Waals surface area contributed by atoms with Gasteiger partial charge in [-0.1, -0.05) is 15.9 Å². The first kappa shape index (κ1) is 29.5. The van der Waals surface area contributed by atoms with Crippen molar-refractivity contribution in [3.8, 4) is 0 Å². The standard InChI is InChI=1S/C23H28BrF4N3O5/c1-6-35-20(33)18(19(32)16-7-12(25)10-31(16)21(34)36-22(3,4)5)30-9-13-14(23(26,27)28)8-15(24)11(2)17(13)29/h8-9,12,16,18H,6-7,10,29H2,1-5H3/t12-,16+,18?/m1/s1. The summed E-state index contributed by atoms with van der Waals surface area (Å²) in [4.78, 5) is 43.1. The van der Waals surface area contributed by atoms with E-state index in [1.165, 1.54) is 13.8 Å². The summed E-state index contributed by atoms with van der Waals surface area (Å²) < 4.78 is 65.5. The van der Waals surface area contributed by atoms with Crippen molar-refractivity contribution in [1.29, 1.82) is 0 Å². The zero-order valence-corrected chi connectivity index (χ0v) is 22.0. The van der Waals surface area contributed by atoms with Gasteiger partial charge in [-0.3, -0.25) is 14.7 Å². The minimum Gasteiger partial charge on any atom is -0.464 e. The number of nitrogens with two attached hydrogens (primary N) is 1. The average Bonchev–Trinajstić information content (AvgIpc) is 3.13. The van der Waals surface area contributed by atoms with Crippen molar-refractivity contribution >= 4 is 45.7 Å². The van der Waals surface area contributed by atoms with E-state index in [-0.39, 0.29) is 22.3 Å². The maximum absolute atomic E-state index is 14.3. The Morgan fingerprint density at radius 1 is 1.31 bits per heavy atom. The van der Waals surface area contributed by atoms with E-state index in [4.69, 9.17) is 15.2 Å². The molecule has 1 unspecified atom stereocenters. The molecule has 2 N–H and O–H groups in total. The van der Waals surface area contributed by atoms with Crippen molar-refractivity contribution in [2.45, 2.75) is 71.1 Å². The van der Waals surface area contributed by atoms with Gasteiger partial charge in [-0.05, 0) is 46.2 Å². The van der Waals surface area contributed by atoms with Crippen LogP contribution in [0.5, 0.6) is 0 Å². The molecule has 3 atom stereocenters. The zero-order chi connectivity index (χ0) is 27.6. The molecule has 0 aliphatic carbocycles. The highest BCUT2D eigenvalue weighted by Crippen LogP contribution is 2.38. The van der Waals surface area contributed by atoms with Crippen molar-refractivity contribution in [2.75, 3.05) is 18.9 Å². The van der Waals surface area contributed by atoms with Gasteiger partial charge in [0.2, 0.25) is 6.04 Å². The molecule has 2 rings (SSSR count). The van der Waals surface area contributed by atoms with Crippen molar-refractivity contribution in [2.24, 2.45) is 4.99 Å². The minimum atomic E-state index is -4.82. The molecule has 0 aromatic heterocycles. The Hall–Kier alpha value is -2.70. The van der Waals surface area contributed by atoms with Crippen LogP contribution in [0.4, 0.5) is 28.0 Å². The summed E-state index contributed by atoms with van der Waals surface area (Å²) in [5.74, 6) is -2.18. The first-order valence-corrected chi connectivity index (χ1v) is 11.8. The molecule has 1 aliphatic heterocycles. The van der Waals surface area contributed by atoms with Gasteiger partial charge in [0, 0.05) is 28.4 Å². The topological polar surface area (TPSA) is 111 Å². The molecule has 36 heavy (non-hydrogen) atoms. The van der Waals surface area contributed by atoms with Crippen LogP contribution in [0.1, 0.15) is 50.8 Å². The fourth-order valence-corrected chi connectivity index (χ4v) is 3.98. The largest absolute Gasteiger partial charge is 0.464 e. The first-order valence-electron chi connectivity index (χ1n) is 11.0. The van der Waals surface area contributed by atoms with Crippen LogP contribution in [-0.4, -0.2) is 66.0 Å². The number of anilines is 1. The Balaban J connectivity index is 2.51. The Kier molecular flexibility index (Phi) is 9.14. The third kappa shape index (κ3) is 6.95. The van der Waals surface area contributed by atoms with Gasteiger partial charge in [0.15, 0.2) is 5.78 Å². The smallest absolute Gasteiger partial charge is 0.417 e. The lowest BCUT2D eigenvalue weighted by Crippen LogP contribution is -2.48. The normalized spacial score (nSPS) is 19.4. The maximum Gasteiger partial charge on any atom is 0.417 e. The van der Waals surface area contributed by atoms with E-state index in [9.17, 15) is 31.9 Å². The predicted octanol–water partition coefficient (Wildman–Crippen LogP) is 4.63. The molecular weight excluding hydrogens is 554 g/mol. The maximum atomic E-state index is 14.3. The summed E-state index contributed by atoms with van der Waals surface area (Å²) in [6.45, 7) is 7.07. The number of nitrogens with zero attached hydrogens (tertiary/aromatic N) is 2. The highest BCUT2D eigenvalue weighted by Gasteiger charge is 2.46. The molecule has 1 aliphatic rings. The monoisotopic (exact) mass is 581 g/mol. The molecule has 0 spiro atoms. The number of alkyl halides is 4. The van der Waals surface area contributed by atoms with Crippen LogP contribution in [0, 0.1) is 6.92 Å². The lowest BCUT2D eigenvalue weighted by atomic mass is 10.0. The Labute approximate surface area is 214 Å². The molecule has 1 amide bonds. The quantitative estimate of drug-likeness (QED) is 0.172. The Bertz CT molecular complexity index is 1060. The molecule has 0 saturated carbocycles. The van der Waals surface area contributed by atoms with E-state index in [1.807, 2.05) is 0 Å². The molecule has 1 saturated heterocycles. The van der Waals surface area contributed by atoms with Gasteiger partial charge >= 0.3 is 18.2 Å². The van der Waals surface area contributed by atoms with E-state index in [1.54, 1.807) is 20.8 Å². The van der Waals surface area contributed by atoms with E-state index in [0.29, 0.717) is 6.21 Å². The van der Waals surface area contributed by atoms with Gasteiger partial charge in [0.1, 0.15) is 11.8 Å². The number of esters is 1. The molecule has 0 bridgehead atoms. The summed E-state index contributed by atoms with van der Waals surface area (Å²) in [6.07, 6.45) is -7.14. The van der Waals surface area contributed by atoms with Crippen LogP contribution >= 0.6 is 15.9 Å². The number of Topliss-reactive ketones (excluding diaryl/α,β-unsaturated/α-hetero) is 1. The molecular formula is C23H28BrF4N3O5. The van der Waals surface area contributed by atoms with Crippen LogP contribution in [0.3, 0.4) is 0 Å². The third-order valence-corrected chi connectivity index (χ3v) is 6.08. The van der Waals surface area contributed by atoms with E-state index in [0.717, 1.165) is 11.0 Å². The number of amides is 1. The number of carbonyl (C=O) groups excluding carboxylic acids is 3. The average molecular weight is 582 g/mol. The van der Waals surface area contributed by atoms with E-state index >= 15 is 0 Å². The third-order valence-electron chi connectivity index (χ3n) is 5.26. The Morgan fingerprint density at radius 3 is 2.44 bits per heavy atom. The molecule has 1 aromatic rings. The number of aliphatic imine (C=N–C) groups is 1. The summed E-state index contributed by atoms with van der Waals surface area (Å²) in [5, 5.41) is 0. The predicted molar refractivity (Wildman–Crippen MR) is 128 cm³/mol. The van der Waals surface area contributed by atoms with Crippen LogP contribution in [0.25, 0.3) is 0 Å². The molecule has 8 nitrogen and oxygen atoms in total. The number of hydrogen-bond donors (Lipinski definition) is 1. The number of benzene rings is 1. The first-order chi connectivity index (χ1) is 16.5. The molecule has 200 valence electrons. The van der Waals surface area contributed by atoms with Crippen molar-refractivity contribution in [3.63, 3.8) is 0 Å². The van der Waals surface area contributed by atoms with Crippen LogP contribution in [0.2, 0.25) is 0 Å². The molecule has 1 aromatic carbocycles. The number of hydrogen-bond acceptors (Lipinski definition) is 7. The van der Waals surface area contributed by atoms with Gasteiger partial charge in [0.05, 0.1) is 24.8 Å². The lowest BCUT2D eigenvalue weighted by Gasteiger charge is -2.28. The summed E-state index contributed by atoms with van der Waals surface area (Å²) in [6, 6.07) is -2.59. The number of nitrogen functional groups attached to an aromatic ring is 1. The second-order valence-electron chi connectivity index (χ2n) is 9.17. The van der Waals surface area contributed by atoms with Crippen LogP contribution in [0.15, 0.2) is 15.5 Å². The number of ketones is 1. The second-order valence-corrected chi connectivity index (χ2v) is 10.0. The summed E-state index contributed by atoms with van der Waals surface area (Å²) >= 11 is 3.02. The number of likely N-dealkylation sites (tertiary alicyclic amines) is 1. The second kappa shape index (κ2) is 11.1. The van der Waals surface area contributed by atoms with Gasteiger partial charge in [0.25, 0.3) is 0 Å². The van der Waals surface area contributed by atoms with Crippen molar-refractivity contribution in [3.05, 3.63) is 27.2 Å². The zero-order valence-electron chi connectivity index (χ0n) is 20.4. The number of carbonyl (C=O) groups is 3. The highest BCUT2D eigenvalue weighted by molar-refractivity contribution is 9.10. The van der Waals surface area contributed by atoms with Gasteiger partial charge in [-0.25, -0.2) is 14.0 Å². The number of halogens is 5. The number of ether oxygens (including phenoxy) is 2. The van der Waals surface area contributed by atoms with Gasteiger partial charge in [-0.15, -0.1) is 0 Å². The van der Waals surface area contributed by atoms with Crippen molar-refractivity contribution < 1.29 is 41.4 Å². The molecule has 0 radical (unpaired) electrons. The Morgan fingerprint density at radius 2 is 1.92 bits per heavy atom. The minimum absolute atomic E-state index is 0.107. The van der Waals surface area contributed by atoms with E-state index in [2.05, 4.69) is 20.9 Å². The highest BCUT2D eigenvalue weighted by atomic mass is 79.9. The fraction of sp³-hybridized carbons (Fsp3) is 0.565. The SMILES string of the molecule is CCOC(=O)C(N=Cc1c(C(F)(F)F)cc(Br)c(C)c1N)C(=O)[C@@H]1C[C@@H](F)CN1C(=O)OC(C)(C)C. The summed E-state index contributed by atoms with van der Waals surface area (Å²) in [7, 11) is 0. The number of rotatable bonds is 6. The molecule has 13 heteroatoms. The van der Waals surface area contributed by atoms with Gasteiger partial charge in [-0.2, -0.15) is 13.2 Å². The van der Waals surface area contributed by atoms with E-state index < -0.39 is 72.0 Å². The van der Waals surface area contributed by atoms with Crippen LogP contribution < -0.4 is 5.73 Å². The summed E-state index contributed by atoms with van der Waals surface area (Å²) in [5.41, 5.74) is 3.28. The molecule has 1 heterocycles. The van der Waals surface area contributed by atoms with Crippen LogP contribution in [-0.2, 0) is 25.2 Å². The lowest BCUT2D eigenvalue weighted by molar-refractivity contribution is -0.148.